The van der Waals surface area contributed by atoms with Crippen molar-refractivity contribution in [2.75, 3.05) is 26.7 Å². The number of rotatable bonds is 4. The van der Waals surface area contributed by atoms with E-state index < -0.39 is 10.0 Å². The average Bonchev–Trinajstić information content (AvgIpc) is 3.04. The molecule has 0 aromatic heterocycles. The molecule has 2 N–H and O–H groups in total. The summed E-state index contributed by atoms with van der Waals surface area (Å²) in [5, 5.41) is 3.23. The van der Waals surface area contributed by atoms with Crippen LogP contribution in [0.1, 0.15) is 17.5 Å². The molecule has 1 atom stereocenters. The van der Waals surface area contributed by atoms with E-state index in [2.05, 4.69) is 22.0 Å². The molecule has 1 aromatic carbocycles. The fourth-order valence-electron chi connectivity index (χ4n) is 2.94. The maximum atomic E-state index is 12.3. The fourth-order valence-corrected chi connectivity index (χ4v) is 4.11. The van der Waals surface area contributed by atoms with E-state index in [1.165, 1.54) is 5.56 Å². The Hall–Kier alpha value is -0.950. The average molecular weight is 295 g/mol. The molecule has 2 aliphatic heterocycles. The zero-order chi connectivity index (χ0) is 14.2. The van der Waals surface area contributed by atoms with Crippen LogP contribution in [-0.2, 0) is 23.1 Å². The van der Waals surface area contributed by atoms with Gasteiger partial charge in [0, 0.05) is 26.2 Å². The molecule has 1 saturated heterocycles. The minimum Gasteiger partial charge on any atom is -0.309 e. The van der Waals surface area contributed by atoms with Crippen molar-refractivity contribution in [1.29, 1.82) is 0 Å². The van der Waals surface area contributed by atoms with Crippen LogP contribution in [0.5, 0.6) is 0 Å². The molecule has 5 nitrogen and oxygen atoms in total. The maximum Gasteiger partial charge on any atom is 0.240 e. The smallest absolute Gasteiger partial charge is 0.240 e. The minimum absolute atomic E-state index is 0.381. The molecular formula is C14H21N3O2S. The van der Waals surface area contributed by atoms with Crippen LogP contribution < -0.4 is 10.0 Å². The molecule has 3 rings (SSSR count). The zero-order valence-corrected chi connectivity index (χ0v) is 12.5. The van der Waals surface area contributed by atoms with Gasteiger partial charge in [0.1, 0.15) is 0 Å². The number of likely N-dealkylation sites (tertiary alicyclic amines) is 1. The molecule has 0 amide bonds. The van der Waals surface area contributed by atoms with Gasteiger partial charge in [-0.1, -0.05) is 6.07 Å². The topological polar surface area (TPSA) is 61.4 Å². The van der Waals surface area contributed by atoms with Crippen molar-refractivity contribution in [2.45, 2.75) is 24.4 Å². The Bertz CT molecular complexity index is 600. The third kappa shape index (κ3) is 2.88. The minimum atomic E-state index is -3.38. The molecular weight excluding hydrogens is 274 g/mol. The Morgan fingerprint density at radius 3 is 2.90 bits per heavy atom. The largest absolute Gasteiger partial charge is 0.309 e. The van der Waals surface area contributed by atoms with E-state index in [-0.39, 0.29) is 0 Å². The second-order valence-corrected chi connectivity index (χ2v) is 7.57. The normalized spacial score (nSPS) is 23.1. The first-order chi connectivity index (χ1) is 9.54. The van der Waals surface area contributed by atoms with Gasteiger partial charge in [0.15, 0.2) is 0 Å². The summed E-state index contributed by atoms with van der Waals surface area (Å²) in [4.78, 5) is 2.62. The molecule has 2 aliphatic rings. The lowest BCUT2D eigenvalue weighted by atomic mass is 10.1. The van der Waals surface area contributed by atoms with Crippen molar-refractivity contribution >= 4 is 10.0 Å². The highest BCUT2D eigenvalue weighted by Crippen LogP contribution is 2.20. The van der Waals surface area contributed by atoms with Crippen LogP contribution in [0, 0.1) is 5.92 Å². The summed E-state index contributed by atoms with van der Waals surface area (Å²) in [5.74, 6) is 0.422. The number of benzene rings is 1. The molecule has 110 valence electrons. The van der Waals surface area contributed by atoms with E-state index in [4.69, 9.17) is 0 Å². The number of sulfonamides is 1. The summed E-state index contributed by atoms with van der Waals surface area (Å²) in [6.45, 7) is 4.14. The van der Waals surface area contributed by atoms with Gasteiger partial charge in [-0.15, -0.1) is 0 Å². The van der Waals surface area contributed by atoms with E-state index in [1.807, 2.05) is 6.07 Å². The second kappa shape index (κ2) is 5.44. The van der Waals surface area contributed by atoms with E-state index in [0.717, 1.165) is 38.2 Å². The summed E-state index contributed by atoms with van der Waals surface area (Å²) in [7, 11) is -1.31. The molecule has 0 bridgehead atoms. The molecule has 0 aliphatic carbocycles. The third-order valence-corrected chi connectivity index (χ3v) is 5.59. The van der Waals surface area contributed by atoms with E-state index in [1.54, 1.807) is 12.1 Å². The van der Waals surface area contributed by atoms with Gasteiger partial charge in [-0.25, -0.2) is 13.1 Å². The Morgan fingerprint density at radius 2 is 2.15 bits per heavy atom. The van der Waals surface area contributed by atoms with E-state index >= 15 is 0 Å². The first-order valence-electron chi connectivity index (χ1n) is 7.05. The van der Waals surface area contributed by atoms with Crippen molar-refractivity contribution in [3.05, 3.63) is 29.3 Å². The fraction of sp³-hybridized carbons (Fsp3) is 0.571. The molecule has 20 heavy (non-hydrogen) atoms. The summed E-state index contributed by atoms with van der Waals surface area (Å²) >= 11 is 0. The predicted molar refractivity (Wildman–Crippen MR) is 77.8 cm³/mol. The lowest BCUT2D eigenvalue weighted by Gasteiger charge is -2.12. The van der Waals surface area contributed by atoms with Gasteiger partial charge in [0.2, 0.25) is 10.0 Å². The Kier molecular flexibility index (Phi) is 3.81. The number of fused-ring (bicyclic) bond motifs is 1. The van der Waals surface area contributed by atoms with Gasteiger partial charge in [-0.05, 0) is 49.2 Å². The number of hydrogen-bond acceptors (Lipinski definition) is 4. The SMILES string of the molecule is CN1CCC(CNS(=O)(=O)c2ccc3c(c2)CNC3)C1. The highest BCUT2D eigenvalue weighted by molar-refractivity contribution is 7.89. The Balaban J connectivity index is 1.68. The first-order valence-corrected chi connectivity index (χ1v) is 8.53. The van der Waals surface area contributed by atoms with Gasteiger partial charge in [-0.3, -0.25) is 0 Å². The van der Waals surface area contributed by atoms with Crippen LogP contribution >= 0.6 is 0 Å². The summed E-state index contributed by atoms with van der Waals surface area (Å²) in [6.07, 6.45) is 1.06. The zero-order valence-electron chi connectivity index (χ0n) is 11.7. The van der Waals surface area contributed by atoms with Gasteiger partial charge in [-0.2, -0.15) is 0 Å². The first kappa shape index (κ1) is 14.0. The van der Waals surface area contributed by atoms with Crippen LogP contribution in [0.2, 0.25) is 0 Å². The Morgan fingerprint density at radius 1 is 1.35 bits per heavy atom. The van der Waals surface area contributed by atoms with Crippen molar-refractivity contribution < 1.29 is 8.42 Å². The highest BCUT2D eigenvalue weighted by Gasteiger charge is 2.23. The summed E-state index contributed by atoms with van der Waals surface area (Å²) in [5.41, 5.74) is 2.29. The molecule has 0 saturated carbocycles. The lowest BCUT2D eigenvalue weighted by Crippen LogP contribution is -2.30. The predicted octanol–water partition coefficient (Wildman–Crippen LogP) is 0.520. The molecule has 1 fully saturated rings. The van der Waals surface area contributed by atoms with Gasteiger partial charge >= 0.3 is 0 Å². The molecule has 6 heteroatoms. The summed E-state index contributed by atoms with van der Waals surface area (Å²) in [6, 6.07) is 5.40. The van der Waals surface area contributed by atoms with Crippen LogP contribution in [-0.4, -0.2) is 40.0 Å². The van der Waals surface area contributed by atoms with Crippen molar-refractivity contribution in [3.8, 4) is 0 Å². The Labute approximate surface area is 120 Å². The summed E-state index contributed by atoms with van der Waals surface area (Å²) < 4.78 is 27.4. The number of nitrogens with one attached hydrogen (secondary N) is 2. The van der Waals surface area contributed by atoms with Gasteiger partial charge in [0.05, 0.1) is 4.90 Å². The molecule has 1 unspecified atom stereocenters. The van der Waals surface area contributed by atoms with Crippen LogP contribution in [0.25, 0.3) is 0 Å². The lowest BCUT2D eigenvalue weighted by molar-refractivity contribution is 0.394. The quantitative estimate of drug-likeness (QED) is 0.850. The maximum absolute atomic E-state index is 12.3. The molecule has 2 heterocycles. The van der Waals surface area contributed by atoms with E-state index in [9.17, 15) is 8.42 Å². The molecule has 0 spiro atoms. The van der Waals surface area contributed by atoms with Crippen molar-refractivity contribution in [2.24, 2.45) is 5.92 Å². The standard InChI is InChI=1S/C14H21N3O2S/c1-17-5-4-11(10-17)7-16-20(18,19)14-3-2-12-8-15-9-13(12)6-14/h2-3,6,11,15-16H,4-5,7-10H2,1H3. The van der Waals surface area contributed by atoms with Crippen LogP contribution in [0.3, 0.4) is 0 Å². The van der Waals surface area contributed by atoms with Crippen LogP contribution in [0.15, 0.2) is 23.1 Å². The molecule has 0 radical (unpaired) electrons. The van der Waals surface area contributed by atoms with Gasteiger partial charge in [0.25, 0.3) is 0 Å². The number of nitrogens with zero attached hydrogens (tertiary/aromatic N) is 1. The van der Waals surface area contributed by atoms with E-state index in [0.29, 0.717) is 17.4 Å². The van der Waals surface area contributed by atoms with Crippen LogP contribution in [0.4, 0.5) is 0 Å². The molecule has 1 aromatic rings. The number of hydrogen-bond donors (Lipinski definition) is 2. The van der Waals surface area contributed by atoms with Crippen molar-refractivity contribution in [3.63, 3.8) is 0 Å². The van der Waals surface area contributed by atoms with Gasteiger partial charge < -0.3 is 10.2 Å². The monoisotopic (exact) mass is 295 g/mol. The highest BCUT2D eigenvalue weighted by atomic mass is 32.2. The third-order valence-electron chi connectivity index (χ3n) is 4.17. The second-order valence-electron chi connectivity index (χ2n) is 5.80. The van der Waals surface area contributed by atoms with Crippen molar-refractivity contribution in [1.82, 2.24) is 14.9 Å².